The van der Waals surface area contributed by atoms with Crippen molar-refractivity contribution in [3.05, 3.63) is 66.2 Å². The molecule has 0 bridgehead atoms. The zero-order chi connectivity index (χ0) is 12.8. The van der Waals surface area contributed by atoms with Crippen molar-refractivity contribution in [3.8, 4) is 0 Å². The van der Waals surface area contributed by atoms with Crippen molar-refractivity contribution in [2.45, 2.75) is 19.4 Å². The van der Waals surface area contributed by atoms with Gasteiger partial charge in [-0.05, 0) is 31.0 Å². The van der Waals surface area contributed by atoms with Crippen LogP contribution in [-0.4, -0.2) is 11.8 Å². The molecule has 0 spiro atoms. The molecule has 2 aromatic rings. The first-order valence-electron chi connectivity index (χ1n) is 6.11. The third kappa shape index (κ3) is 3.45. The minimum atomic E-state index is -0.171. The molecule has 0 saturated carbocycles. The van der Waals surface area contributed by atoms with Gasteiger partial charge in [-0.15, -0.1) is 0 Å². The standard InChI is InChI=1S/C16H17NO/c1-13(18)16(12-14-8-4-2-5-9-14)17-15-10-6-3-7-11-15/h2-11,16-17H,12H2,1H3. The van der Waals surface area contributed by atoms with Gasteiger partial charge in [0.25, 0.3) is 0 Å². The van der Waals surface area contributed by atoms with Crippen LogP contribution >= 0.6 is 0 Å². The van der Waals surface area contributed by atoms with Crippen LogP contribution in [0.3, 0.4) is 0 Å². The first-order valence-corrected chi connectivity index (χ1v) is 6.11. The molecule has 0 aromatic heterocycles. The van der Waals surface area contributed by atoms with Crippen LogP contribution in [0.15, 0.2) is 60.7 Å². The Labute approximate surface area is 108 Å². The maximum absolute atomic E-state index is 11.7. The predicted octanol–water partition coefficient (Wildman–Crippen LogP) is 3.30. The van der Waals surface area contributed by atoms with Gasteiger partial charge in [0.1, 0.15) is 0 Å². The van der Waals surface area contributed by atoms with E-state index in [0.29, 0.717) is 6.42 Å². The fourth-order valence-electron chi connectivity index (χ4n) is 1.88. The van der Waals surface area contributed by atoms with Gasteiger partial charge in [-0.1, -0.05) is 48.5 Å². The fraction of sp³-hybridized carbons (Fsp3) is 0.188. The minimum absolute atomic E-state index is 0.155. The third-order valence-corrected chi connectivity index (χ3v) is 2.89. The van der Waals surface area contributed by atoms with Gasteiger partial charge in [0.15, 0.2) is 5.78 Å². The first kappa shape index (κ1) is 12.4. The van der Waals surface area contributed by atoms with Crippen molar-refractivity contribution in [1.29, 1.82) is 0 Å². The van der Waals surface area contributed by atoms with E-state index in [1.165, 1.54) is 5.56 Å². The molecule has 2 nitrogen and oxygen atoms in total. The number of hydrogen-bond acceptors (Lipinski definition) is 2. The Bertz CT molecular complexity index is 452. The first-order chi connectivity index (χ1) is 8.75. The van der Waals surface area contributed by atoms with E-state index in [9.17, 15) is 4.79 Å². The number of rotatable bonds is 5. The second-order valence-corrected chi connectivity index (χ2v) is 4.36. The number of anilines is 1. The molecule has 0 fully saturated rings. The molecule has 0 aliphatic carbocycles. The molecule has 1 unspecified atom stereocenters. The Hall–Kier alpha value is -2.09. The summed E-state index contributed by atoms with van der Waals surface area (Å²) in [6.07, 6.45) is 0.713. The molecule has 0 heterocycles. The van der Waals surface area contributed by atoms with E-state index in [4.69, 9.17) is 0 Å². The van der Waals surface area contributed by atoms with Crippen molar-refractivity contribution in [3.63, 3.8) is 0 Å². The van der Waals surface area contributed by atoms with E-state index in [-0.39, 0.29) is 11.8 Å². The molecule has 0 amide bonds. The average Bonchev–Trinajstić information content (AvgIpc) is 2.40. The highest BCUT2D eigenvalue weighted by atomic mass is 16.1. The van der Waals surface area contributed by atoms with Crippen LogP contribution in [0.25, 0.3) is 0 Å². The van der Waals surface area contributed by atoms with Crippen LogP contribution in [0.5, 0.6) is 0 Å². The second kappa shape index (κ2) is 6.01. The molecule has 18 heavy (non-hydrogen) atoms. The molecular formula is C16H17NO. The van der Waals surface area contributed by atoms with Crippen molar-refractivity contribution in [1.82, 2.24) is 0 Å². The van der Waals surface area contributed by atoms with Gasteiger partial charge in [0.05, 0.1) is 6.04 Å². The highest BCUT2D eigenvalue weighted by Gasteiger charge is 2.14. The molecule has 0 saturated heterocycles. The summed E-state index contributed by atoms with van der Waals surface area (Å²) < 4.78 is 0. The summed E-state index contributed by atoms with van der Waals surface area (Å²) in [5.41, 5.74) is 2.15. The summed E-state index contributed by atoms with van der Waals surface area (Å²) in [4.78, 5) is 11.7. The van der Waals surface area contributed by atoms with Crippen LogP contribution in [0.4, 0.5) is 5.69 Å². The highest BCUT2D eigenvalue weighted by molar-refractivity contribution is 5.84. The number of hydrogen-bond donors (Lipinski definition) is 1. The number of Topliss-reactive ketones (excluding diaryl/α,β-unsaturated/α-hetero) is 1. The Morgan fingerprint density at radius 2 is 1.56 bits per heavy atom. The molecule has 0 aliphatic heterocycles. The largest absolute Gasteiger partial charge is 0.375 e. The van der Waals surface area contributed by atoms with Gasteiger partial charge in [-0.2, -0.15) is 0 Å². The van der Waals surface area contributed by atoms with Crippen LogP contribution in [0.1, 0.15) is 12.5 Å². The lowest BCUT2D eigenvalue weighted by molar-refractivity contribution is -0.117. The molecule has 1 atom stereocenters. The monoisotopic (exact) mass is 239 g/mol. The van der Waals surface area contributed by atoms with Crippen molar-refractivity contribution >= 4 is 11.5 Å². The molecule has 2 heteroatoms. The summed E-state index contributed by atoms with van der Waals surface area (Å²) in [6, 6.07) is 19.7. The number of benzene rings is 2. The van der Waals surface area contributed by atoms with Gasteiger partial charge >= 0.3 is 0 Å². The molecule has 0 aliphatic rings. The zero-order valence-electron chi connectivity index (χ0n) is 10.5. The Kier molecular flexibility index (Phi) is 4.13. The van der Waals surface area contributed by atoms with Crippen molar-refractivity contribution < 1.29 is 4.79 Å². The Morgan fingerprint density at radius 3 is 2.11 bits per heavy atom. The van der Waals surface area contributed by atoms with E-state index < -0.39 is 0 Å². The summed E-state index contributed by atoms with van der Waals surface area (Å²) in [5.74, 6) is 0.155. The zero-order valence-corrected chi connectivity index (χ0v) is 10.5. The molecule has 2 rings (SSSR count). The van der Waals surface area contributed by atoms with Crippen LogP contribution in [-0.2, 0) is 11.2 Å². The van der Waals surface area contributed by atoms with Crippen LogP contribution in [0, 0.1) is 0 Å². The Balaban J connectivity index is 2.08. The van der Waals surface area contributed by atoms with E-state index in [0.717, 1.165) is 5.69 Å². The van der Waals surface area contributed by atoms with Gasteiger partial charge in [-0.25, -0.2) is 0 Å². The number of nitrogens with one attached hydrogen (secondary N) is 1. The van der Waals surface area contributed by atoms with Crippen molar-refractivity contribution in [2.24, 2.45) is 0 Å². The lowest BCUT2D eigenvalue weighted by atomic mass is 10.0. The van der Waals surface area contributed by atoms with E-state index in [2.05, 4.69) is 5.32 Å². The summed E-state index contributed by atoms with van der Waals surface area (Å²) >= 11 is 0. The third-order valence-electron chi connectivity index (χ3n) is 2.89. The average molecular weight is 239 g/mol. The summed E-state index contributed by atoms with van der Waals surface area (Å²) in [6.45, 7) is 1.63. The van der Waals surface area contributed by atoms with E-state index in [1.54, 1.807) is 6.92 Å². The molecule has 92 valence electrons. The maximum atomic E-state index is 11.7. The normalized spacial score (nSPS) is 11.8. The Morgan fingerprint density at radius 1 is 1.00 bits per heavy atom. The lowest BCUT2D eigenvalue weighted by Gasteiger charge is -2.17. The number of para-hydroxylation sites is 1. The summed E-state index contributed by atoms with van der Waals surface area (Å²) in [7, 11) is 0. The van der Waals surface area contributed by atoms with E-state index >= 15 is 0 Å². The van der Waals surface area contributed by atoms with Gasteiger partial charge in [0.2, 0.25) is 0 Å². The fourth-order valence-corrected chi connectivity index (χ4v) is 1.88. The minimum Gasteiger partial charge on any atom is -0.375 e. The number of carbonyl (C=O) groups is 1. The summed E-state index contributed by atoms with van der Waals surface area (Å²) in [5, 5.41) is 3.28. The number of carbonyl (C=O) groups excluding carboxylic acids is 1. The molecular weight excluding hydrogens is 222 g/mol. The van der Waals surface area contributed by atoms with Gasteiger partial charge < -0.3 is 5.32 Å². The quantitative estimate of drug-likeness (QED) is 0.867. The topological polar surface area (TPSA) is 29.1 Å². The SMILES string of the molecule is CC(=O)C(Cc1ccccc1)Nc1ccccc1. The van der Waals surface area contributed by atoms with Crippen LogP contribution < -0.4 is 5.32 Å². The lowest BCUT2D eigenvalue weighted by Crippen LogP contribution is -2.29. The maximum Gasteiger partial charge on any atom is 0.152 e. The molecule has 1 N–H and O–H groups in total. The second-order valence-electron chi connectivity index (χ2n) is 4.36. The molecule has 2 aromatic carbocycles. The van der Waals surface area contributed by atoms with Crippen molar-refractivity contribution in [2.75, 3.05) is 5.32 Å². The van der Waals surface area contributed by atoms with Gasteiger partial charge in [0, 0.05) is 5.69 Å². The molecule has 0 radical (unpaired) electrons. The van der Waals surface area contributed by atoms with Gasteiger partial charge in [-0.3, -0.25) is 4.79 Å². The predicted molar refractivity (Wildman–Crippen MR) is 74.7 cm³/mol. The highest BCUT2D eigenvalue weighted by Crippen LogP contribution is 2.11. The van der Waals surface area contributed by atoms with E-state index in [1.807, 2.05) is 60.7 Å². The smallest absolute Gasteiger partial charge is 0.152 e. The number of ketones is 1. The van der Waals surface area contributed by atoms with Crippen LogP contribution in [0.2, 0.25) is 0 Å².